The van der Waals surface area contributed by atoms with Crippen LogP contribution in [-0.4, -0.2) is 67.7 Å². The maximum Gasteiger partial charge on any atom is 0.266 e. The Labute approximate surface area is 173 Å². The molecule has 2 aliphatic rings. The molecule has 0 saturated carbocycles. The van der Waals surface area contributed by atoms with Gasteiger partial charge in [0.25, 0.3) is 5.91 Å². The Morgan fingerprint density at radius 1 is 1.07 bits per heavy atom. The van der Waals surface area contributed by atoms with Gasteiger partial charge in [-0.15, -0.1) is 0 Å². The summed E-state index contributed by atoms with van der Waals surface area (Å²) in [6, 6.07) is 8.86. The summed E-state index contributed by atoms with van der Waals surface area (Å²) < 4.78 is 27.1. The van der Waals surface area contributed by atoms with Crippen LogP contribution in [0.2, 0.25) is 0 Å². The molecule has 0 radical (unpaired) electrons. The molecule has 1 amide bonds. The lowest BCUT2D eigenvalue weighted by Gasteiger charge is -2.34. The molecule has 0 spiro atoms. The topological polar surface area (TPSA) is 84.7 Å². The second-order valence-corrected chi connectivity index (χ2v) is 9.82. The molecule has 0 aromatic heterocycles. The lowest BCUT2D eigenvalue weighted by molar-refractivity contribution is -0.128. The van der Waals surface area contributed by atoms with Crippen molar-refractivity contribution in [3.63, 3.8) is 0 Å². The van der Waals surface area contributed by atoms with E-state index in [2.05, 4.69) is 6.92 Å². The van der Waals surface area contributed by atoms with Gasteiger partial charge in [0.2, 0.25) is 10.0 Å². The van der Waals surface area contributed by atoms with E-state index >= 15 is 0 Å². The fourth-order valence-electron chi connectivity index (χ4n) is 3.63. The predicted octanol–water partition coefficient (Wildman–Crippen LogP) is 1.97. The highest BCUT2D eigenvalue weighted by molar-refractivity contribution is 7.89. The van der Waals surface area contributed by atoms with Crippen LogP contribution < -0.4 is 0 Å². The smallest absolute Gasteiger partial charge is 0.266 e. The Hall–Kier alpha value is -2.37. The number of carbonyl (C=O) groups excluding carboxylic acids is 1. The van der Waals surface area contributed by atoms with E-state index in [0.717, 1.165) is 18.4 Å². The third-order valence-electron chi connectivity index (χ3n) is 5.67. The van der Waals surface area contributed by atoms with E-state index in [9.17, 15) is 18.5 Å². The van der Waals surface area contributed by atoms with Gasteiger partial charge in [0.1, 0.15) is 11.6 Å². The van der Waals surface area contributed by atoms with E-state index in [0.29, 0.717) is 50.1 Å². The van der Waals surface area contributed by atoms with Gasteiger partial charge in [0.05, 0.1) is 4.90 Å². The number of aryl methyl sites for hydroxylation is 1. The predicted molar refractivity (Wildman–Crippen MR) is 110 cm³/mol. The molecule has 0 atom stereocenters. The van der Waals surface area contributed by atoms with Crippen LogP contribution in [0.25, 0.3) is 0 Å². The van der Waals surface area contributed by atoms with Gasteiger partial charge in [-0.25, -0.2) is 8.42 Å². The Balaban J connectivity index is 1.62. The minimum atomic E-state index is -3.53. The minimum Gasteiger partial charge on any atom is -0.373 e. The molecule has 0 aliphatic carbocycles. The van der Waals surface area contributed by atoms with Crippen molar-refractivity contribution in [1.82, 2.24) is 14.1 Å². The molecule has 2 heterocycles. The van der Waals surface area contributed by atoms with Crippen molar-refractivity contribution in [3.05, 3.63) is 41.6 Å². The Morgan fingerprint density at radius 2 is 1.66 bits per heavy atom. The molecule has 0 N–H and O–H groups in total. The van der Waals surface area contributed by atoms with Crippen LogP contribution in [0.15, 0.2) is 40.9 Å². The summed E-state index contributed by atoms with van der Waals surface area (Å²) in [5, 5.41) is 9.46. The molecule has 1 aromatic carbocycles. The van der Waals surface area contributed by atoms with Crippen LogP contribution in [0.1, 0.15) is 25.3 Å². The first kappa shape index (κ1) is 21.3. The number of carbonyl (C=O) groups is 1. The van der Waals surface area contributed by atoms with E-state index in [1.54, 1.807) is 35.4 Å². The van der Waals surface area contributed by atoms with E-state index in [-0.39, 0.29) is 11.5 Å². The van der Waals surface area contributed by atoms with E-state index in [1.807, 2.05) is 17.9 Å². The number of nitrogens with zero attached hydrogens (tertiary/aromatic N) is 4. The zero-order valence-electron chi connectivity index (χ0n) is 17.0. The zero-order valence-corrected chi connectivity index (χ0v) is 17.9. The normalized spacial score (nSPS) is 19.8. The lowest BCUT2D eigenvalue weighted by atomic mass is 9.99. The number of piperazine rings is 1. The number of amides is 1. The molecule has 156 valence electrons. The van der Waals surface area contributed by atoms with Gasteiger partial charge in [-0.3, -0.25) is 4.79 Å². The standard InChI is InChI=1S/C21H28N4O3S/c1-17-3-5-20(6-4-17)29(27,28)25-13-11-23(12-14-25)16-19(15-22)21(26)24-9-7-18(2)8-10-24/h3-6,16,18H,7-14H2,1-2H3/b19-16-. The van der Waals surface area contributed by atoms with Gasteiger partial charge in [0, 0.05) is 45.5 Å². The summed E-state index contributed by atoms with van der Waals surface area (Å²) in [6.45, 7) is 6.99. The number of hydrogen-bond donors (Lipinski definition) is 0. The van der Waals surface area contributed by atoms with Crippen molar-refractivity contribution in [3.8, 4) is 6.07 Å². The third kappa shape index (κ3) is 4.98. The quantitative estimate of drug-likeness (QED) is 0.553. The molecule has 29 heavy (non-hydrogen) atoms. The van der Waals surface area contributed by atoms with E-state index in [1.165, 1.54) is 4.31 Å². The minimum absolute atomic E-state index is 0.120. The first-order valence-corrected chi connectivity index (χ1v) is 11.5. The summed E-state index contributed by atoms with van der Waals surface area (Å²) in [6.07, 6.45) is 3.51. The van der Waals surface area contributed by atoms with Crippen LogP contribution in [0.4, 0.5) is 0 Å². The van der Waals surface area contributed by atoms with Crippen molar-refractivity contribution >= 4 is 15.9 Å². The molecule has 8 heteroatoms. The largest absolute Gasteiger partial charge is 0.373 e. The maximum absolute atomic E-state index is 12.8. The van der Waals surface area contributed by atoms with Crippen LogP contribution in [0.5, 0.6) is 0 Å². The van der Waals surface area contributed by atoms with Crippen LogP contribution >= 0.6 is 0 Å². The Morgan fingerprint density at radius 3 is 2.21 bits per heavy atom. The summed E-state index contributed by atoms with van der Waals surface area (Å²) in [5.41, 5.74) is 1.13. The summed E-state index contributed by atoms with van der Waals surface area (Å²) in [4.78, 5) is 16.5. The highest BCUT2D eigenvalue weighted by atomic mass is 32.2. The van der Waals surface area contributed by atoms with Crippen molar-refractivity contribution in [2.45, 2.75) is 31.6 Å². The van der Waals surface area contributed by atoms with Gasteiger partial charge in [0.15, 0.2) is 0 Å². The number of piperidine rings is 1. The summed E-state index contributed by atoms with van der Waals surface area (Å²) in [5.74, 6) is 0.381. The summed E-state index contributed by atoms with van der Waals surface area (Å²) >= 11 is 0. The van der Waals surface area contributed by atoms with Gasteiger partial charge < -0.3 is 9.80 Å². The average Bonchev–Trinajstić information content (AvgIpc) is 2.73. The number of nitriles is 1. The van der Waals surface area contributed by atoms with E-state index < -0.39 is 10.0 Å². The van der Waals surface area contributed by atoms with Crippen molar-refractivity contribution in [2.75, 3.05) is 39.3 Å². The number of sulfonamides is 1. The average molecular weight is 417 g/mol. The van der Waals surface area contributed by atoms with Crippen molar-refractivity contribution in [2.24, 2.45) is 5.92 Å². The Bertz CT molecular complexity index is 902. The molecule has 1 aromatic rings. The second-order valence-electron chi connectivity index (χ2n) is 7.88. The summed E-state index contributed by atoms with van der Waals surface area (Å²) in [7, 11) is -3.53. The molecule has 3 rings (SSSR count). The van der Waals surface area contributed by atoms with Gasteiger partial charge in [-0.05, 0) is 37.8 Å². The van der Waals surface area contributed by atoms with Crippen LogP contribution in [0, 0.1) is 24.2 Å². The van der Waals surface area contributed by atoms with Crippen molar-refractivity contribution in [1.29, 1.82) is 5.26 Å². The Kier molecular flexibility index (Phi) is 6.60. The van der Waals surface area contributed by atoms with Crippen molar-refractivity contribution < 1.29 is 13.2 Å². The third-order valence-corrected chi connectivity index (χ3v) is 7.58. The highest BCUT2D eigenvalue weighted by Gasteiger charge is 2.29. The molecule has 0 unspecified atom stereocenters. The number of rotatable bonds is 4. The first-order valence-electron chi connectivity index (χ1n) is 10.0. The van der Waals surface area contributed by atoms with Gasteiger partial charge >= 0.3 is 0 Å². The second kappa shape index (κ2) is 8.97. The number of benzene rings is 1. The SMILES string of the molecule is Cc1ccc(S(=O)(=O)N2CCN(/C=C(/C#N)C(=O)N3CCC(C)CC3)CC2)cc1. The highest BCUT2D eigenvalue weighted by Crippen LogP contribution is 2.20. The molecule has 2 fully saturated rings. The maximum atomic E-state index is 12.8. The number of likely N-dealkylation sites (tertiary alicyclic amines) is 1. The fourth-order valence-corrected chi connectivity index (χ4v) is 5.05. The molecular weight excluding hydrogens is 388 g/mol. The fraction of sp³-hybridized carbons (Fsp3) is 0.524. The first-order chi connectivity index (χ1) is 13.8. The monoisotopic (exact) mass is 416 g/mol. The molecule has 2 saturated heterocycles. The van der Waals surface area contributed by atoms with Crippen LogP contribution in [0.3, 0.4) is 0 Å². The van der Waals surface area contributed by atoms with Gasteiger partial charge in [-0.2, -0.15) is 9.57 Å². The number of hydrogen-bond acceptors (Lipinski definition) is 5. The molecule has 2 aliphatic heterocycles. The zero-order chi connectivity index (χ0) is 21.0. The lowest BCUT2D eigenvalue weighted by Crippen LogP contribution is -2.47. The molecule has 0 bridgehead atoms. The molecule has 7 nitrogen and oxygen atoms in total. The van der Waals surface area contributed by atoms with Crippen LogP contribution in [-0.2, 0) is 14.8 Å². The molecular formula is C21H28N4O3S. The van der Waals surface area contributed by atoms with E-state index in [4.69, 9.17) is 0 Å². The van der Waals surface area contributed by atoms with Gasteiger partial charge in [-0.1, -0.05) is 24.6 Å².